The SMILES string of the molecule is O=C(Nc1cccnc1)c1cc(-c2ccco2)nc2ccc(-c3cccc(Oc4ccccc4)c3)cc12. The lowest BCUT2D eigenvalue weighted by molar-refractivity contribution is 0.102. The van der Waals surface area contributed by atoms with E-state index in [1.165, 1.54) is 0 Å². The fourth-order valence-electron chi connectivity index (χ4n) is 4.14. The Balaban J connectivity index is 1.42. The number of carbonyl (C=O) groups excluding carboxylic acids is 1. The summed E-state index contributed by atoms with van der Waals surface area (Å²) in [5.74, 6) is 1.82. The molecule has 0 atom stereocenters. The second-order valence-corrected chi connectivity index (χ2v) is 8.40. The molecule has 0 spiro atoms. The number of hydrogen-bond donors (Lipinski definition) is 1. The number of benzene rings is 3. The number of aromatic nitrogens is 2. The van der Waals surface area contributed by atoms with Gasteiger partial charge in [0.2, 0.25) is 0 Å². The summed E-state index contributed by atoms with van der Waals surface area (Å²) in [5, 5.41) is 3.66. The normalized spacial score (nSPS) is 10.8. The summed E-state index contributed by atoms with van der Waals surface area (Å²) < 4.78 is 11.6. The van der Waals surface area contributed by atoms with Gasteiger partial charge in [-0.3, -0.25) is 9.78 Å². The van der Waals surface area contributed by atoms with Crippen LogP contribution in [0.4, 0.5) is 5.69 Å². The summed E-state index contributed by atoms with van der Waals surface area (Å²) >= 11 is 0. The number of furan rings is 1. The third kappa shape index (κ3) is 4.81. The van der Waals surface area contributed by atoms with Gasteiger partial charge in [0.15, 0.2) is 5.76 Å². The van der Waals surface area contributed by atoms with Crippen molar-refractivity contribution in [1.29, 1.82) is 0 Å². The quantitative estimate of drug-likeness (QED) is 0.264. The van der Waals surface area contributed by atoms with Crippen LogP contribution in [0.3, 0.4) is 0 Å². The number of ether oxygens (including phenoxy) is 1. The molecule has 3 aromatic carbocycles. The number of para-hydroxylation sites is 1. The highest BCUT2D eigenvalue weighted by atomic mass is 16.5. The molecule has 1 N–H and O–H groups in total. The second kappa shape index (κ2) is 9.79. The molecular formula is C31H21N3O3. The van der Waals surface area contributed by atoms with Crippen LogP contribution in [0.2, 0.25) is 0 Å². The first-order valence-electron chi connectivity index (χ1n) is 11.8. The zero-order valence-corrected chi connectivity index (χ0v) is 19.7. The number of nitrogens with zero attached hydrogens (tertiary/aromatic N) is 2. The van der Waals surface area contributed by atoms with E-state index in [0.29, 0.717) is 28.2 Å². The van der Waals surface area contributed by atoms with Crippen LogP contribution < -0.4 is 10.1 Å². The molecule has 0 saturated carbocycles. The van der Waals surface area contributed by atoms with Crippen molar-refractivity contribution < 1.29 is 13.9 Å². The summed E-state index contributed by atoms with van der Waals surface area (Å²) in [6.07, 6.45) is 4.86. The number of amides is 1. The number of fused-ring (bicyclic) bond motifs is 1. The van der Waals surface area contributed by atoms with Gasteiger partial charge in [0.1, 0.15) is 17.2 Å². The van der Waals surface area contributed by atoms with Crippen molar-refractivity contribution in [2.45, 2.75) is 0 Å². The molecule has 0 radical (unpaired) electrons. The summed E-state index contributed by atoms with van der Waals surface area (Å²) in [4.78, 5) is 22.3. The highest BCUT2D eigenvalue weighted by molar-refractivity contribution is 6.13. The zero-order valence-electron chi connectivity index (χ0n) is 19.7. The lowest BCUT2D eigenvalue weighted by Gasteiger charge is -2.12. The van der Waals surface area contributed by atoms with E-state index in [4.69, 9.17) is 14.1 Å². The third-order valence-electron chi connectivity index (χ3n) is 5.89. The van der Waals surface area contributed by atoms with E-state index in [9.17, 15) is 4.79 Å². The van der Waals surface area contributed by atoms with Crippen LogP contribution >= 0.6 is 0 Å². The molecule has 6 rings (SSSR count). The molecular weight excluding hydrogens is 462 g/mol. The molecule has 0 aliphatic rings. The van der Waals surface area contributed by atoms with E-state index in [0.717, 1.165) is 28.0 Å². The first kappa shape index (κ1) is 22.2. The molecule has 0 aliphatic heterocycles. The maximum absolute atomic E-state index is 13.4. The van der Waals surface area contributed by atoms with Crippen molar-refractivity contribution in [2.24, 2.45) is 0 Å². The molecule has 6 heteroatoms. The largest absolute Gasteiger partial charge is 0.463 e. The topological polar surface area (TPSA) is 77.3 Å². The molecule has 0 fully saturated rings. The van der Waals surface area contributed by atoms with E-state index in [1.54, 1.807) is 42.9 Å². The van der Waals surface area contributed by atoms with Crippen LogP contribution in [-0.4, -0.2) is 15.9 Å². The van der Waals surface area contributed by atoms with Gasteiger partial charge < -0.3 is 14.5 Å². The molecule has 0 saturated heterocycles. The number of anilines is 1. The Morgan fingerprint density at radius 2 is 1.65 bits per heavy atom. The van der Waals surface area contributed by atoms with Crippen LogP contribution in [0.15, 0.2) is 126 Å². The van der Waals surface area contributed by atoms with Gasteiger partial charge >= 0.3 is 0 Å². The van der Waals surface area contributed by atoms with Crippen molar-refractivity contribution >= 4 is 22.5 Å². The maximum atomic E-state index is 13.4. The number of hydrogen-bond acceptors (Lipinski definition) is 5. The summed E-state index contributed by atoms with van der Waals surface area (Å²) in [6.45, 7) is 0. The van der Waals surface area contributed by atoms with Crippen LogP contribution in [0.5, 0.6) is 11.5 Å². The van der Waals surface area contributed by atoms with Gasteiger partial charge in [-0.1, -0.05) is 36.4 Å². The van der Waals surface area contributed by atoms with Gasteiger partial charge in [-0.25, -0.2) is 4.98 Å². The number of pyridine rings is 2. The van der Waals surface area contributed by atoms with Crippen LogP contribution in [0, 0.1) is 0 Å². The first-order chi connectivity index (χ1) is 18.2. The van der Waals surface area contributed by atoms with E-state index >= 15 is 0 Å². The molecule has 178 valence electrons. The highest BCUT2D eigenvalue weighted by Crippen LogP contribution is 2.32. The Morgan fingerprint density at radius 1 is 0.784 bits per heavy atom. The molecule has 1 amide bonds. The average Bonchev–Trinajstić information content (AvgIpc) is 3.49. The fraction of sp³-hybridized carbons (Fsp3) is 0. The van der Waals surface area contributed by atoms with E-state index in [-0.39, 0.29) is 5.91 Å². The van der Waals surface area contributed by atoms with Gasteiger partial charge in [0, 0.05) is 11.6 Å². The zero-order chi connectivity index (χ0) is 25.0. The smallest absolute Gasteiger partial charge is 0.256 e. The van der Waals surface area contributed by atoms with Crippen molar-refractivity contribution in [2.75, 3.05) is 5.32 Å². The molecule has 0 bridgehead atoms. The fourth-order valence-corrected chi connectivity index (χ4v) is 4.14. The number of nitrogens with one attached hydrogen (secondary N) is 1. The predicted octanol–water partition coefficient (Wildman–Crippen LogP) is 7.60. The average molecular weight is 484 g/mol. The Bertz CT molecular complexity index is 1680. The Hall–Kier alpha value is -5.23. The van der Waals surface area contributed by atoms with Crippen molar-refractivity contribution in [3.63, 3.8) is 0 Å². The molecule has 6 nitrogen and oxygen atoms in total. The monoisotopic (exact) mass is 483 g/mol. The van der Waals surface area contributed by atoms with Gasteiger partial charge in [-0.2, -0.15) is 0 Å². The van der Waals surface area contributed by atoms with Crippen molar-refractivity contribution in [3.05, 3.63) is 127 Å². The molecule has 3 heterocycles. The third-order valence-corrected chi connectivity index (χ3v) is 5.89. The molecule has 0 aliphatic carbocycles. The summed E-state index contributed by atoms with van der Waals surface area (Å²) in [6, 6.07) is 32.3. The molecule has 3 aromatic heterocycles. The van der Waals surface area contributed by atoms with Crippen molar-refractivity contribution in [1.82, 2.24) is 9.97 Å². The van der Waals surface area contributed by atoms with E-state index < -0.39 is 0 Å². The lowest BCUT2D eigenvalue weighted by atomic mass is 9.99. The molecule has 0 unspecified atom stereocenters. The predicted molar refractivity (Wildman–Crippen MR) is 144 cm³/mol. The summed E-state index contributed by atoms with van der Waals surface area (Å²) in [7, 11) is 0. The van der Waals surface area contributed by atoms with Gasteiger partial charge in [-0.15, -0.1) is 0 Å². The van der Waals surface area contributed by atoms with Crippen LogP contribution in [0.25, 0.3) is 33.5 Å². The minimum absolute atomic E-state index is 0.258. The van der Waals surface area contributed by atoms with E-state index in [1.807, 2.05) is 78.9 Å². The number of rotatable bonds is 6. The Kier molecular flexibility index (Phi) is 5.89. The first-order valence-corrected chi connectivity index (χ1v) is 11.8. The van der Waals surface area contributed by atoms with E-state index in [2.05, 4.69) is 10.3 Å². The molecule has 6 aromatic rings. The highest BCUT2D eigenvalue weighted by Gasteiger charge is 2.17. The molecule has 37 heavy (non-hydrogen) atoms. The Labute approximate surface area is 213 Å². The minimum atomic E-state index is -0.258. The van der Waals surface area contributed by atoms with Crippen molar-refractivity contribution in [3.8, 4) is 34.1 Å². The van der Waals surface area contributed by atoms with Crippen LogP contribution in [0.1, 0.15) is 10.4 Å². The van der Waals surface area contributed by atoms with Gasteiger partial charge in [-0.05, 0) is 77.9 Å². The second-order valence-electron chi connectivity index (χ2n) is 8.40. The standard InChI is InChI=1S/C31H21N3O3/c35-31(33-23-8-5-15-32-20-23)27-19-29(30-12-6-16-36-30)34-28-14-13-22(18-26(27)28)21-7-4-11-25(17-21)37-24-9-2-1-3-10-24/h1-20H,(H,33,35). The van der Waals surface area contributed by atoms with Crippen LogP contribution in [-0.2, 0) is 0 Å². The van der Waals surface area contributed by atoms with Gasteiger partial charge in [0.05, 0.1) is 29.2 Å². The maximum Gasteiger partial charge on any atom is 0.256 e. The summed E-state index contributed by atoms with van der Waals surface area (Å²) in [5.41, 5.74) is 4.27. The van der Waals surface area contributed by atoms with Gasteiger partial charge in [0.25, 0.3) is 5.91 Å². The minimum Gasteiger partial charge on any atom is -0.463 e. The Morgan fingerprint density at radius 3 is 2.46 bits per heavy atom. The lowest BCUT2D eigenvalue weighted by Crippen LogP contribution is -2.13. The number of carbonyl (C=O) groups is 1.